The zero-order valence-corrected chi connectivity index (χ0v) is 12.3. The number of nitrogen functional groups attached to an aromatic ring is 1. The highest BCUT2D eigenvalue weighted by molar-refractivity contribution is 14.1. The molecular weight excluding hydrogens is 377 g/mol. The van der Waals surface area contributed by atoms with Crippen LogP contribution < -0.4 is 10.5 Å². The Morgan fingerprint density at radius 3 is 2.55 bits per heavy atom. The minimum Gasteiger partial charge on any atom is -0.486 e. The van der Waals surface area contributed by atoms with Gasteiger partial charge in [-0.05, 0) is 52.4 Å². The van der Waals surface area contributed by atoms with Crippen LogP contribution >= 0.6 is 22.6 Å². The van der Waals surface area contributed by atoms with Gasteiger partial charge in [0.2, 0.25) is 0 Å². The zero-order chi connectivity index (χ0) is 14.7. The molecule has 0 spiro atoms. The van der Waals surface area contributed by atoms with Crippen LogP contribution in [0.25, 0.3) is 0 Å². The first-order valence-corrected chi connectivity index (χ1v) is 6.65. The molecule has 0 saturated carbocycles. The summed E-state index contributed by atoms with van der Waals surface area (Å²) in [5, 5.41) is 8.81. The van der Waals surface area contributed by atoms with Gasteiger partial charge in [-0.1, -0.05) is 6.07 Å². The van der Waals surface area contributed by atoms with E-state index in [4.69, 9.17) is 15.7 Å². The van der Waals surface area contributed by atoms with E-state index in [0.29, 0.717) is 26.1 Å². The molecule has 0 fully saturated rings. The maximum atomic E-state index is 13.1. The van der Waals surface area contributed by atoms with Gasteiger partial charge in [0.05, 0.1) is 20.9 Å². The molecule has 0 amide bonds. The topological polar surface area (TPSA) is 59.0 Å². The summed E-state index contributed by atoms with van der Waals surface area (Å²) >= 11 is 2.00. The second-order valence-electron chi connectivity index (χ2n) is 4.03. The third-order valence-electron chi connectivity index (χ3n) is 2.57. The fourth-order valence-electron chi connectivity index (χ4n) is 1.62. The Morgan fingerprint density at radius 2 is 1.95 bits per heavy atom. The number of hydrogen-bond acceptors (Lipinski definition) is 3. The molecule has 2 aromatic rings. The van der Waals surface area contributed by atoms with Gasteiger partial charge in [-0.2, -0.15) is 5.26 Å². The predicted octanol–water partition coefficient (Wildman–Crippen LogP) is 3.60. The molecule has 0 heterocycles. The van der Waals surface area contributed by atoms with E-state index in [-0.39, 0.29) is 6.61 Å². The van der Waals surface area contributed by atoms with Crippen molar-refractivity contribution in [2.24, 2.45) is 0 Å². The maximum absolute atomic E-state index is 13.1. The summed E-state index contributed by atoms with van der Waals surface area (Å²) in [7, 11) is 0. The second kappa shape index (κ2) is 6.05. The van der Waals surface area contributed by atoms with Crippen LogP contribution in [0.3, 0.4) is 0 Å². The van der Waals surface area contributed by atoms with E-state index in [1.165, 1.54) is 12.1 Å². The minimum absolute atomic E-state index is 0.0588. The summed E-state index contributed by atoms with van der Waals surface area (Å²) in [5.74, 6) is -1.40. The molecule has 0 aromatic heterocycles. The molecular formula is C14H9F2IN2O. The van der Waals surface area contributed by atoms with E-state index in [1.54, 1.807) is 6.07 Å². The van der Waals surface area contributed by atoms with Crippen LogP contribution in [0.15, 0.2) is 30.3 Å². The van der Waals surface area contributed by atoms with Gasteiger partial charge in [-0.3, -0.25) is 0 Å². The maximum Gasteiger partial charge on any atom is 0.159 e. The summed E-state index contributed by atoms with van der Waals surface area (Å²) < 4.78 is 32.1. The summed E-state index contributed by atoms with van der Waals surface area (Å²) in [6.07, 6.45) is 0. The Balaban J connectivity index is 2.19. The van der Waals surface area contributed by atoms with E-state index < -0.39 is 11.6 Å². The molecule has 0 aliphatic carbocycles. The lowest BCUT2D eigenvalue weighted by Crippen LogP contribution is -2.02. The van der Waals surface area contributed by atoms with Gasteiger partial charge < -0.3 is 10.5 Å². The molecule has 0 saturated heterocycles. The van der Waals surface area contributed by atoms with Gasteiger partial charge in [-0.15, -0.1) is 0 Å². The Hall–Kier alpha value is -1.88. The smallest absolute Gasteiger partial charge is 0.159 e. The number of nitrogens with two attached hydrogens (primary N) is 1. The Kier molecular flexibility index (Phi) is 4.39. The molecule has 0 bridgehead atoms. The number of anilines is 1. The lowest BCUT2D eigenvalue weighted by atomic mass is 10.2. The van der Waals surface area contributed by atoms with Crippen molar-refractivity contribution in [1.82, 2.24) is 0 Å². The summed E-state index contributed by atoms with van der Waals surface area (Å²) in [5.41, 5.74) is 7.06. The molecule has 0 unspecified atom stereocenters. The third kappa shape index (κ3) is 3.17. The van der Waals surface area contributed by atoms with E-state index >= 15 is 0 Å². The van der Waals surface area contributed by atoms with Crippen LogP contribution in [0.4, 0.5) is 14.5 Å². The normalized spacial score (nSPS) is 10.1. The first-order valence-electron chi connectivity index (χ1n) is 5.57. The average Bonchev–Trinajstić information content (AvgIpc) is 2.41. The monoisotopic (exact) mass is 386 g/mol. The molecule has 3 nitrogen and oxygen atoms in total. The van der Waals surface area contributed by atoms with Crippen LogP contribution in [-0.2, 0) is 6.61 Å². The van der Waals surface area contributed by atoms with Crippen molar-refractivity contribution < 1.29 is 13.5 Å². The standard InChI is InChI=1S/C14H9F2IN2O/c15-10-2-1-8(3-11(10)16)7-20-14-12(17)4-9(6-18)5-13(14)19/h1-5H,7,19H2. The van der Waals surface area contributed by atoms with E-state index in [2.05, 4.69) is 0 Å². The molecule has 0 aliphatic heterocycles. The molecule has 0 radical (unpaired) electrons. The highest BCUT2D eigenvalue weighted by Gasteiger charge is 2.09. The van der Waals surface area contributed by atoms with Crippen LogP contribution in [0, 0.1) is 26.5 Å². The zero-order valence-electron chi connectivity index (χ0n) is 10.2. The molecule has 2 rings (SSSR count). The van der Waals surface area contributed by atoms with Gasteiger partial charge in [0.1, 0.15) is 6.61 Å². The van der Waals surface area contributed by atoms with Crippen molar-refractivity contribution in [3.63, 3.8) is 0 Å². The number of benzene rings is 2. The highest BCUT2D eigenvalue weighted by atomic mass is 127. The van der Waals surface area contributed by atoms with Crippen molar-refractivity contribution in [1.29, 1.82) is 5.26 Å². The quantitative estimate of drug-likeness (QED) is 0.648. The number of ether oxygens (including phenoxy) is 1. The number of halogens is 3. The molecule has 2 aromatic carbocycles. The lowest BCUT2D eigenvalue weighted by Gasteiger charge is -2.11. The van der Waals surface area contributed by atoms with E-state index in [0.717, 1.165) is 12.1 Å². The van der Waals surface area contributed by atoms with Crippen LogP contribution in [0.2, 0.25) is 0 Å². The number of hydrogen-bond donors (Lipinski definition) is 1. The molecule has 2 N–H and O–H groups in total. The van der Waals surface area contributed by atoms with Crippen LogP contribution in [-0.4, -0.2) is 0 Å². The molecule has 102 valence electrons. The Morgan fingerprint density at radius 1 is 1.20 bits per heavy atom. The summed E-state index contributed by atoms with van der Waals surface area (Å²) in [4.78, 5) is 0. The minimum atomic E-state index is -0.923. The van der Waals surface area contributed by atoms with Crippen molar-refractivity contribution in [3.8, 4) is 11.8 Å². The fourth-order valence-corrected chi connectivity index (χ4v) is 2.42. The van der Waals surface area contributed by atoms with E-state index in [9.17, 15) is 8.78 Å². The molecule has 6 heteroatoms. The molecule has 0 aliphatic rings. The number of nitriles is 1. The van der Waals surface area contributed by atoms with Gasteiger partial charge in [0.15, 0.2) is 17.4 Å². The van der Waals surface area contributed by atoms with Gasteiger partial charge in [0.25, 0.3) is 0 Å². The van der Waals surface area contributed by atoms with Gasteiger partial charge in [-0.25, -0.2) is 8.78 Å². The number of nitrogens with zero attached hydrogens (tertiary/aromatic N) is 1. The fraction of sp³-hybridized carbons (Fsp3) is 0.0714. The van der Waals surface area contributed by atoms with Crippen molar-refractivity contribution >= 4 is 28.3 Å². The second-order valence-corrected chi connectivity index (χ2v) is 5.19. The van der Waals surface area contributed by atoms with Crippen molar-refractivity contribution in [3.05, 3.63) is 56.7 Å². The summed E-state index contributed by atoms with van der Waals surface area (Å²) in [6.45, 7) is 0.0588. The van der Waals surface area contributed by atoms with Gasteiger partial charge in [0, 0.05) is 0 Å². The van der Waals surface area contributed by atoms with Crippen molar-refractivity contribution in [2.45, 2.75) is 6.61 Å². The first-order chi connectivity index (χ1) is 9.51. The van der Waals surface area contributed by atoms with Crippen LogP contribution in [0.1, 0.15) is 11.1 Å². The lowest BCUT2D eigenvalue weighted by molar-refractivity contribution is 0.304. The Labute approximate surface area is 128 Å². The highest BCUT2D eigenvalue weighted by Crippen LogP contribution is 2.30. The summed E-state index contributed by atoms with van der Waals surface area (Å²) in [6, 6.07) is 8.68. The van der Waals surface area contributed by atoms with Crippen molar-refractivity contribution in [2.75, 3.05) is 5.73 Å². The van der Waals surface area contributed by atoms with E-state index in [1.807, 2.05) is 28.7 Å². The largest absolute Gasteiger partial charge is 0.486 e. The molecule has 20 heavy (non-hydrogen) atoms. The Bertz CT molecular complexity index is 675. The third-order valence-corrected chi connectivity index (χ3v) is 3.37. The molecule has 0 atom stereocenters. The SMILES string of the molecule is N#Cc1cc(N)c(OCc2ccc(F)c(F)c2)c(I)c1. The predicted molar refractivity (Wildman–Crippen MR) is 79.0 cm³/mol. The number of rotatable bonds is 3. The first kappa shape index (κ1) is 14.5. The van der Waals surface area contributed by atoms with Crippen LogP contribution in [0.5, 0.6) is 5.75 Å². The average molecular weight is 386 g/mol. The van der Waals surface area contributed by atoms with Gasteiger partial charge >= 0.3 is 0 Å².